The maximum absolute atomic E-state index is 12.5. The van der Waals surface area contributed by atoms with Crippen molar-refractivity contribution in [3.63, 3.8) is 0 Å². The number of nitrogens with zero attached hydrogens (tertiary/aromatic N) is 3. The summed E-state index contributed by atoms with van der Waals surface area (Å²) in [5.74, 6) is 0.686. The molecule has 0 radical (unpaired) electrons. The van der Waals surface area contributed by atoms with Crippen molar-refractivity contribution < 1.29 is 9.53 Å². The van der Waals surface area contributed by atoms with Gasteiger partial charge in [0, 0.05) is 36.6 Å². The zero-order valence-corrected chi connectivity index (χ0v) is 17.2. The Hall–Kier alpha value is -3.15. The third-order valence-electron chi connectivity index (χ3n) is 5.04. The van der Waals surface area contributed by atoms with Gasteiger partial charge in [-0.2, -0.15) is 0 Å². The SMILES string of the molecule is C=C(C)C(=O)c1c[nH]c2ncc(-c3cc(OC(C)C)cc(N4CCCC4)c3)nc12. The number of aromatic nitrogens is 3. The standard InChI is InChI=1S/C23H26N4O2/c1-14(2)22(28)19-12-24-23-21(19)26-20(13-25-23)16-9-17(27-7-5-6-8-27)11-18(10-16)29-15(3)4/h9-13,15H,1,5-8H2,2-4H3,(H,24,25). The van der Waals surface area contributed by atoms with Gasteiger partial charge in [-0.1, -0.05) is 6.58 Å². The molecule has 150 valence electrons. The summed E-state index contributed by atoms with van der Waals surface area (Å²) in [6, 6.07) is 6.21. The molecule has 6 nitrogen and oxygen atoms in total. The molecule has 1 N–H and O–H groups in total. The number of hydrogen-bond donors (Lipinski definition) is 1. The molecule has 1 aliphatic heterocycles. The second-order valence-corrected chi connectivity index (χ2v) is 7.84. The molecule has 3 aromatic rings. The Morgan fingerprint density at radius 3 is 2.69 bits per heavy atom. The molecular formula is C23H26N4O2. The first-order valence-corrected chi connectivity index (χ1v) is 10.0. The molecule has 3 heterocycles. The number of carbonyl (C=O) groups excluding carboxylic acids is 1. The van der Waals surface area contributed by atoms with E-state index < -0.39 is 0 Å². The Bertz CT molecular complexity index is 1080. The number of ether oxygens (including phenoxy) is 1. The minimum atomic E-state index is -0.127. The number of rotatable bonds is 6. The number of aromatic amines is 1. The number of carbonyl (C=O) groups is 1. The monoisotopic (exact) mass is 390 g/mol. The van der Waals surface area contributed by atoms with Crippen molar-refractivity contribution in [2.24, 2.45) is 0 Å². The van der Waals surface area contributed by atoms with E-state index in [9.17, 15) is 4.79 Å². The average molecular weight is 390 g/mol. The average Bonchev–Trinajstić information content (AvgIpc) is 3.36. The zero-order chi connectivity index (χ0) is 20.5. The minimum absolute atomic E-state index is 0.0784. The second kappa shape index (κ2) is 7.70. The molecule has 0 spiro atoms. The van der Waals surface area contributed by atoms with Crippen LogP contribution < -0.4 is 9.64 Å². The van der Waals surface area contributed by atoms with Gasteiger partial charge < -0.3 is 14.6 Å². The van der Waals surface area contributed by atoms with E-state index in [1.807, 2.05) is 19.9 Å². The highest BCUT2D eigenvalue weighted by molar-refractivity contribution is 6.14. The van der Waals surface area contributed by atoms with Crippen molar-refractivity contribution in [3.05, 3.63) is 48.3 Å². The van der Waals surface area contributed by atoms with Gasteiger partial charge in [-0.3, -0.25) is 4.79 Å². The fourth-order valence-corrected chi connectivity index (χ4v) is 3.66. The molecule has 0 saturated carbocycles. The van der Waals surface area contributed by atoms with E-state index in [0.29, 0.717) is 28.0 Å². The van der Waals surface area contributed by atoms with Crippen LogP contribution in [-0.2, 0) is 0 Å². The van der Waals surface area contributed by atoms with Crippen LogP contribution in [-0.4, -0.2) is 39.9 Å². The molecule has 0 bridgehead atoms. The smallest absolute Gasteiger partial charge is 0.191 e. The van der Waals surface area contributed by atoms with Gasteiger partial charge in [0.15, 0.2) is 11.4 Å². The molecule has 1 fully saturated rings. The number of ketones is 1. The van der Waals surface area contributed by atoms with E-state index in [-0.39, 0.29) is 11.9 Å². The molecular weight excluding hydrogens is 364 g/mol. The number of allylic oxidation sites excluding steroid dienone is 1. The van der Waals surface area contributed by atoms with Crippen molar-refractivity contribution in [1.29, 1.82) is 0 Å². The van der Waals surface area contributed by atoms with E-state index in [2.05, 4.69) is 33.6 Å². The zero-order valence-electron chi connectivity index (χ0n) is 17.2. The molecule has 1 aliphatic rings. The first-order chi connectivity index (χ1) is 13.9. The van der Waals surface area contributed by atoms with Crippen molar-refractivity contribution in [3.8, 4) is 17.0 Å². The van der Waals surface area contributed by atoms with Gasteiger partial charge in [0.25, 0.3) is 0 Å². The maximum atomic E-state index is 12.5. The maximum Gasteiger partial charge on any atom is 0.191 e. The number of H-pyrrole nitrogens is 1. The third-order valence-corrected chi connectivity index (χ3v) is 5.04. The largest absolute Gasteiger partial charge is 0.491 e. The van der Waals surface area contributed by atoms with Gasteiger partial charge in [-0.05, 0) is 51.3 Å². The lowest BCUT2D eigenvalue weighted by molar-refractivity contribution is 0.103. The molecule has 6 heteroatoms. The normalized spacial score (nSPS) is 14.0. The lowest BCUT2D eigenvalue weighted by atomic mass is 10.1. The van der Waals surface area contributed by atoms with Crippen LogP contribution in [0, 0.1) is 0 Å². The van der Waals surface area contributed by atoms with Gasteiger partial charge in [0.2, 0.25) is 0 Å². The first-order valence-electron chi connectivity index (χ1n) is 10.0. The Labute approximate surface area is 170 Å². The highest BCUT2D eigenvalue weighted by atomic mass is 16.5. The van der Waals surface area contributed by atoms with Crippen LogP contribution in [0.2, 0.25) is 0 Å². The van der Waals surface area contributed by atoms with Gasteiger partial charge >= 0.3 is 0 Å². The van der Waals surface area contributed by atoms with E-state index >= 15 is 0 Å². The van der Waals surface area contributed by atoms with Crippen molar-refractivity contribution in [1.82, 2.24) is 15.0 Å². The molecule has 0 amide bonds. The third kappa shape index (κ3) is 3.88. The van der Waals surface area contributed by atoms with Gasteiger partial charge in [-0.15, -0.1) is 0 Å². The van der Waals surface area contributed by atoms with Crippen LogP contribution >= 0.6 is 0 Å². The number of nitrogens with one attached hydrogen (secondary N) is 1. The van der Waals surface area contributed by atoms with E-state index in [1.54, 1.807) is 19.3 Å². The number of benzene rings is 1. The number of hydrogen-bond acceptors (Lipinski definition) is 5. The first kappa shape index (κ1) is 19.2. The lowest BCUT2D eigenvalue weighted by Gasteiger charge is -2.20. The van der Waals surface area contributed by atoms with Gasteiger partial charge in [0.05, 0.1) is 23.6 Å². The minimum Gasteiger partial charge on any atom is -0.491 e. The molecule has 0 aliphatic carbocycles. The summed E-state index contributed by atoms with van der Waals surface area (Å²) < 4.78 is 6.00. The summed E-state index contributed by atoms with van der Waals surface area (Å²) in [6.07, 6.45) is 5.86. The van der Waals surface area contributed by atoms with Gasteiger partial charge in [0.1, 0.15) is 11.3 Å². The molecule has 0 unspecified atom stereocenters. The Kier molecular flexibility index (Phi) is 5.09. The Morgan fingerprint density at radius 2 is 2.00 bits per heavy atom. The summed E-state index contributed by atoms with van der Waals surface area (Å²) in [6.45, 7) is 11.6. The number of fused-ring (bicyclic) bond motifs is 1. The van der Waals surface area contributed by atoms with Crippen molar-refractivity contribution in [2.75, 3.05) is 18.0 Å². The van der Waals surface area contributed by atoms with E-state index in [0.717, 1.165) is 30.1 Å². The lowest BCUT2D eigenvalue weighted by Crippen LogP contribution is -2.18. The second-order valence-electron chi connectivity index (χ2n) is 7.84. The van der Waals surface area contributed by atoms with Crippen molar-refractivity contribution >= 4 is 22.6 Å². The Balaban J connectivity index is 1.81. The van der Waals surface area contributed by atoms with Crippen LogP contribution in [0.4, 0.5) is 5.69 Å². The van der Waals surface area contributed by atoms with E-state index in [1.165, 1.54) is 12.8 Å². The number of Topliss-reactive ketones (excluding diaryl/α,β-unsaturated/α-hetero) is 1. The summed E-state index contributed by atoms with van der Waals surface area (Å²) >= 11 is 0. The van der Waals surface area contributed by atoms with Crippen LogP contribution in [0.5, 0.6) is 5.75 Å². The summed E-state index contributed by atoms with van der Waals surface area (Å²) in [5.41, 5.74) is 4.89. The molecule has 0 atom stereocenters. The fraction of sp³-hybridized carbons (Fsp3) is 0.348. The van der Waals surface area contributed by atoms with Crippen LogP contribution in [0.15, 0.2) is 42.7 Å². The highest BCUT2D eigenvalue weighted by Crippen LogP contribution is 2.32. The molecule has 1 saturated heterocycles. The van der Waals surface area contributed by atoms with E-state index in [4.69, 9.17) is 9.72 Å². The highest BCUT2D eigenvalue weighted by Gasteiger charge is 2.18. The number of anilines is 1. The van der Waals surface area contributed by atoms with Gasteiger partial charge in [-0.25, -0.2) is 9.97 Å². The van der Waals surface area contributed by atoms with Crippen LogP contribution in [0.1, 0.15) is 44.0 Å². The predicted octanol–water partition coefficient (Wildman–Crippen LogP) is 4.77. The summed E-state index contributed by atoms with van der Waals surface area (Å²) in [5, 5.41) is 0. The Morgan fingerprint density at radius 1 is 1.24 bits per heavy atom. The molecule has 2 aromatic heterocycles. The van der Waals surface area contributed by atoms with Crippen LogP contribution in [0.25, 0.3) is 22.4 Å². The van der Waals surface area contributed by atoms with Crippen molar-refractivity contribution in [2.45, 2.75) is 39.7 Å². The predicted molar refractivity (Wildman–Crippen MR) is 116 cm³/mol. The fourth-order valence-electron chi connectivity index (χ4n) is 3.66. The molecule has 1 aromatic carbocycles. The molecule has 29 heavy (non-hydrogen) atoms. The van der Waals surface area contributed by atoms with Crippen LogP contribution in [0.3, 0.4) is 0 Å². The molecule has 4 rings (SSSR count). The summed E-state index contributed by atoms with van der Waals surface area (Å²) in [4.78, 5) is 27.1. The quantitative estimate of drug-likeness (QED) is 0.485. The topological polar surface area (TPSA) is 71.1 Å². The summed E-state index contributed by atoms with van der Waals surface area (Å²) in [7, 11) is 0.